The molecule has 2 aromatic heterocycles. The highest BCUT2D eigenvalue weighted by atomic mass is 32.2. The standard InChI is InChI=1S/C12H19N5O3S/c1-8(12-15-14-7-17(12)4)16-21(18,19)11-5-10(6-13-3)20-9(11)2/h5,7-8,13,16H,6H2,1-4H3. The van der Waals surface area contributed by atoms with Crippen LogP contribution in [0.5, 0.6) is 0 Å². The monoisotopic (exact) mass is 313 g/mol. The van der Waals surface area contributed by atoms with Crippen molar-refractivity contribution < 1.29 is 12.8 Å². The number of aryl methyl sites for hydroxylation is 2. The lowest BCUT2D eigenvalue weighted by atomic mass is 10.3. The molecule has 1 atom stereocenters. The van der Waals surface area contributed by atoms with E-state index in [4.69, 9.17) is 4.42 Å². The minimum absolute atomic E-state index is 0.141. The largest absolute Gasteiger partial charge is 0.464 e. The molecule has 2 N–H and O–H groups in total. The Morgan fingerprint density at radius 2 is 2.19 bits per heavy atom. The molecule has 0 aromatic carbocycles. The Bertz CT molecular complexity index is 719. The summed E-state index contributed by atoms with van der Waals surface area (Å²) < 4.78 is 34.5. The second-order valence-electron chi connectivity index (χ2n) is 4.81. The third-order valence-electron chi connectivity index (χ3n) is 3.03. The van der Waals surface area contributed by atoms with E-state index in [1.165, 1.54) is 12.4 Å². The van der Waals surface area contributed by atoms with E-state index in [-0.39, 0.29) is 4.90 Å². The maximum Gasteiger partial charge on any atom is 0.244 e. The van der Waals surface area contributed by atoms with Gasteiger partial charge in [0.15, 0.2) is 0 Å². The number of rotatable bonds is 6. The summed E-state index contributed by atoms with van der Waals surface area (Å²) in [6.07, 6.45) is 1.52. The van der Waals surface area contributed by atoms with E-state index in [1.54, 1.807) is 32.5 Å². The minimum Gasteiger partial charge on any atom is -0.464 e. The molecule has 116 valence electrons. The Labute approximate surface area is 123 Å². The molecule has 9 heteroatoms. The van der Waals surface area contributed by atoms with Gasteiger partial charge in [0.05, 0.1) is 12.6 Å². The molecule has 21 heavy (non-hydrogen) atoms. The number of nitrogens with zero attached hydrogens (tertiary/aromatic N) is 3. The lowest BCUT2D eigenvalue weighted by Gasteiger charge is -2.12. The van der Waals surface area contributed by atoms with Crippen molar-refractivity contribution in [2.75, 3.05) is 7.05 Å². The van der Waals surface area contributed by atoms with Crippen molar-refractivity contribution in [2.24, 2.45) is 7.05 Å². The normalized spacial score (nSPS) is 13.5. The van der Waals surface area contributed by atoms with Crippen molar-refractivity contribution in [3.8, 4) is 0 Å². The number of hydrogen-bond acceptors (Lipinski definition) is 6. The number of furan rings is 1. The van der Waals surface area contributed by atoms with Crippen LogP contribution in [0.25, 0.3) is 0 Å². The molecule has 2 heterocycles. The maximum absolute atomic E-state index is 12.4. The fourth-order valence-corrected chi connectivity index (χ4v) is 3.49. The maximum atomic E-state index is 12.4. The number of sulfonamides is 1. The van der Waals surface area contributed by atoms with Gasteiger partial charge in [0.2, 0.25) is 10.0 Å². The second kappa shape index (κ2) is 5.96. The zero-order chi connectivity index (χ0) is 15.6. The van der Waals surface area contributed by atoms with E-state index < -0.39 is 16.1 Å². The summed E-state index contributed by atoms with van der Waals surface area (Å²) in [4.78, 5) is 0.141. The molecule has 8 nitrogen and oxygen atoms in total. The summed E-state index contributed by atoms with van der Waals surface area (Å²) in [5.74, 6) is 1.47. The van der Waals surface area contributed by atoms with E-state index >= 15 is 0 Å². The zero-order valence-electron chi connectivity index (χ0n) is 12.4. The highest BCUT2D eigenvalue weighted by Gasteiger charge is 2.25. The third-order valence-corrected chi connectivity index (χ3v) is 4.68. The summed E-state index contributed by atoms with van der Waals surface area (Å²) >= 11 is 0. The van der Waals surface area contributed by atoms with E-state index in [0.29, 0.717) is 23.9 Å². The highest BCUT2D eigenvalue weighted by Crippen LogP contribution is 2.22. The highest BCUT2D eigenvalue weighted by molar-refractivity contribution is 7.89. The van der Waals surface area contributed by atoms with Crippen molar-refractivity contribution in [3.05, 3.63) is 29.7 Å². The Hall–Kier alpha value is -1.71. The molecule has 0 amide bonds. The van der Waals surface area contributed by atoms with Gasteiger partial charge in [-0.25, -0.2) is 13.1 Å². The number of nitrogens with one attached hydrogen (secondary N) is 2. The van der Waals surface area contributed by atoms with Gasteiger partial charge in [-0.3, -0.25) is 0 Å². The summed E-state index contributed by atoms with van der Waals surface area (Å²) in [5, 5.41) is 10.6. The molecule has 0 aliphatic rings. The number of hydrogen-bond donors (Lipinski definition) is 2. The molecule has 0 radical (unpaired) electrons. The fraction of sp³-hybridized carbons (Fsp3) is 0.500. The molecule has 1 unspecified atom stereocenters. The first-order valence-electron chi connectivity index (χ1n) is 6.45. The average Bonchev–Trinajstić information content (AvgIpc) is 2.96. The van der Waals surface area contributed by atoms with Gasteiger partial charge in [-0.15, -0.1) is 10.2 Å². The van der Waals surface area contributed by atoms with Gasteiger partial charge >= 0.3 is 0 Å². The van der Waals surface area contributed by atoms with Gasteiger partial charge < -0.3 is 14.3 Å². The van der Waals surface area contributed by atoms with E-state index in [0.717, 1.165) is 0 Å². The first-order chi connectivity index (χ1) is 9.85. The SMILES string of the molecule is CNCc1cc(S(=O)(=O)NC(C)c2nncn2C)c(C)o1. The predicted molar refractivity (Wildman–Crippen MR) is 75.9 cm³/mol. The van der Waals surface area contributed by atoms with Crippen LogP contribution in [-0.4, -0.2) is 30.2 Å². The molecule has 0 saturated carbocycles. The lowest BCUT2D eigenvalue weighted by Crippen LogP contribution is -2.28. The molecule has 2 rings (SSSR count). The van der Waals surface area contributed by atoms with Gasteiger partial charge in [0.25, 0.3) is 0 Å². The van der Waals surface area contributed by atoms with Crippen molar-refractivity contribution in [3.63, 3.8) is 0 Å². The first kappa shape index (κ1) is 15.7. The lowest BCUT2D eigenvalue weighted by molar-refractivity contribution is 0.465. The second-order valence-corrected chi connectivity index (χ2v) is 6.49. The minimum atomic E-state index is -3.68. The fourth-order valence-electron chi connectivity index (χ4n) is 2.09. The van der Waals surface area contributed by atoms with Crippen LogP contribution in [0.2, 0.25) is 0 Å². The molecule has 0 bridgehead atoms. The summed E-state index contributed by atoms with van der Waals surface area (Å²) in [7, 11) is -0.161. The van der Waals surface area contributed by atoms with Crippen molar-refractivity contribution in [1.29, 1.82) is 0 Å². The van der Waals surface area contributed by atoms with Crippen LogP contribution in [-0.2, 0) is 23.6 Å². The van der Waals surface area contributed by atoms with Gasteiger partial charge in [-0.1, -0.05) is 0 Å². The summed E-state index contributed by atoms with van der Waals surface area (Å²) in [6, 6.07) is 1.03. The Balaban J connectivity index is 2.24. The van der Waals surface area contributed by atoms with Crippen LogP contribution in [0.15, 0.2) is 21.7 Å². The van der Waals surface area contributed by atoms with Crippen LogP contribution in [0.4, 0.5) is 0 Å². The van der Waals surface area contributed by atoms with E-state index in [9.17, 15) is 8.42 Å². The molecule has 0 spiro atoms. The van der Waals surface area contributed by atoms with Gasteiger partial charge in [-0.05, 0) is 20.9 Å². The first-order valence-corrected chi connectivity index (χ1v) is 7.93. The van der Waals surface area contributed by atoms with Crippen molar-refractivity contribution in [2.45, 2.75) is 31.3 Å². The Morgan fingerprint density at radius 3 is 2.76 bits per heavy atom. The van der Waals surface area contributed by atoms with Crippen LogP contribution < -0.4 is 10.0 Å². The Kier molecular flexibility index (Phi) is 4.45. The smallest absolute Gasteiger partial charge is 0.244 e. The summed E-state index contributed by atoms with van der Waals surface area (Å²) in [5.41, 5.74) is 0. The molecule has 0 aliphatic carbocycles. The molecule has 2 aromatic rings. The van der Waals surface area contributed by atoms with Gasteiger partial charge in [-0.2, -0.15) is 0 Å². The van der Waals surface area contributed by atoms with Crippen LogP contribution >= 0.6 is 0 Å². The molecular weight excluding hydrogens is 294 g/mol. The average molecular weight is 313 g/mol. The van der Waals surface area contributed by atoms with E-state index in [2.05, 4.69) is 20.2 Å². The topological polar surface area (TPSA) is 102 Å². The van der Waals surface area contributed by atoms with Crippen LogP contribution in [0.3, 0.4) is 0 Å². The van der Waals surface area contributed by atoms with Crippen LogP contribution in [0.1, 0.15) is 30.3 Å². The molecule has 0 saturated heterocycles. The quantitative estimate of drug-likeness (QED) is 0.804. The van der Waals surface area contributed by atoms with Crippen LogP contribution in [0, 0.1) is 6.92 Å². The summed E-state index contributed by atoms with van der Waals surface area (Å²) in [6.45, 7) is 3.81. The van der Waals surface area contributed by atoms with Crippen molar-refractivity contribution >= 4 is 10.0 Å². The molecule has 0 fully saturated rings. The van der Waals surface area contributed by atoms with Gasteiger partial charge in [0, 0.05) is 13.1 Å². The third kappa shape index (κ3) is 3.31. The zero-order valence-corrected chi connectivity index (χ0v) is 13.2. The molecule has 0 aliphatic heterocycles. The number of aromatic nitrogens is 3. The Morgan fingerprint density at radius 1 is 1.48 bits per heavy atom. The van der Waals surface area contributed by atoms with Gasteiger partial charge in [0.1, 0.15) is 28.6 Å². The van der Waals surface area contributed by atoms with Crippen molar-refractivity contribution in [1.82, 2.24) is 24.8 Å². The molecular formula is C12H19N5O3S. The predicted octanol–water partition coefficient (Wildman–Crippen LogP) is 0.475. The van der Waals surface area contributed by atoms with E-state index in [1.807, 2.05) is 0 Å².